The van der Waals surface area contributed by atoms with Crippen molar-refractivity contribution in [3.8, 4) is 0 Å². The molecule has 0 aliphatic rings. The normalized spacial score (nSPS) is 9.20. The molecule has 1 aromatic carbocycles. The maximum absolute atomic E-state index is 13.1. The number of benzene rings is 1. The van der Waals surface area contributed by atoms with Crippen LogP contribution in [0.5, 0.6) is 0 Å². The van der Waals surface area contributed by atoms with E-state index in [0.717, 1.165) is 6.92 Å². The number of carboxylic acid groups (broad SMARTS) is 1. The number of aliphatic carboxylic acids is 1. The van der Waals surface area contributed by atoms with Gasteiger partial charge < -0.3 is 5.11 Å². The number of anilines is 1. The number of halogens is 2. The van der Waals surface area contributed by atoms with Gasteiger partial charge in [0.05, 0.1) is 0 Å². The molecule has 0 aliphatic heterocycles. The second-order valence-corrected chi connectivity index (χ2v) is 6.06. The van der Waals surface area contributed by atoms with Crippen molar-refractivity contribution >= 4 is 26.3 Å². The SMILES string of the molecule is CC(=O)O.Cc1cc(Cl)c(N)[c]([Hg])c1F. The van der Waals surface area contributed by atoms with Crippen molar-refractivity contribution in [2.45, 2.75) is 13.8 Å². The molecule has 0 heterocycles. The Morgan fingerprint density at radius 3 is 2.47 bits per heavy atom. The van der Waals surface area contributed by atoms with Crippen LogP contribution in [-0.2, 0) is 30.9 Å². The second-order valence-electron chi connectivity index (χ2n) is 2.90. The molecule has 15 heavy (non-hydrogen) atoms. The van der Waals surface area contributed by atoms with E-state index < -0.39 is 5.97 Å². The van der Waals surface area contributed by atoms with Crippen molar-refractivity contribution < 1.29 is 40.4 Å². The molecule has 0 amide bonds. The molecule has 0 bridgehead atoms. The summed E-state index contributed by atoms with van der Waals surface area (Å²) in [5.41, 5.74) is 6.52. The second kappa shape index (κ2) is 6.28. The van der Waals surface area contributed by atoms with Crippen LogP contribution >= 0.6 is 11.6 Å². The zero-order valence-electron chi connectivity index (χ0n) is 8.47. The predicted molar refractivity (Wildman–Crippen MR) is 53.5 cm³/mol. The van der Waals surface area contributed by atoms with E-state index >= 15 is 0 Å². The molecule has 0 radical (unpaired) electrons. The first-order chi connectivity index (χ1) is 6.77. The molecule has 0 unspecified atom stereocenters. The van der Waals surface area contributed by atoms with Crippen LogP contribution in [0.2, 0.25) is 5.02 Å². The van der Waals surface area contributed by atoms with Gasteiger partial charge >= 0.3 is 86.0 Å². The zero-order valence-corrected chi connectivity index (χ0v) is 14.7. The first kappa shape index (κ1) is 14.6. The Labute approximate surface area is 108 Å². The molecule has 0 fully saturated rings. The minimum absolute atomic E-state index is 0.182. The van der Waals surface area contributed by atoms with E-state index in [9.17, 15) is 4.39 Å². The van der Waals surface area contributed by atoms with Gasteiger partial charge in [0.25, 0.3) is 5.97 Å². The van der Waals surface area contributed by atoms with Crippen LogP contribution in [0.25, 0.3) is 0 Å². The van der Waals surface area contributed by atoms with E-state index in [-0.39, 0.29) is 31.9 Å². The molecule has 79 valence electrons. The fourth-order valence-electron chi connectivity index (χ4n) is 0.832. The summed E-state index contributed by atoms with van der Waals surface area (Å²) >= 11 is 5.91. The number of carbonyl (C=O) groups is 1. The van der Waals surface area contributed by atoms with Gasteiger partial charge in [0, 0.05) is 6.92 Å². The molecule has 0 aromatic heterocycles. The maximum atomic E-state index is 13.1. The summed E-state index contributed by atoms with van der Waals surface area (Å²) in [5, 5.41) is 7.88. The van der Waals surface area contributed by atoms with E-state index in [1.165, 1.54) is 0 Å². The summed E-state index contributed by atoms with van der Waals surface area (Å²) in [6.45, 7) is 2.77. The molecule has 0 saturated carbocycles. The van der Waals surface area contributed by atoms with Crippen molar-refractivity contribution in [3.05, 3.63) is 22.5 Å². The van der Waals surface area contributed by atoms with Crippen LogP contribution in [0, 0.1) is 12.7 Å². The summed E-state index contributed by atoms with van der Waals surface area (Å²) in [5.74, 6) is -1.02. The van der Waals surface area contributed by atoms with Crippen molar-refractivity contribution in [2.24, 2.45) is 0 Å². The van der Waals surface area contributed by atoms with E-state index in [1.807, 2.05) is 0 Å². The Balaban J connectivity index is 0.000000423. The van der Waals surface area contributed by atoms with E-state index in [1.54, 1.807) is 13.0 Å². The van der Waals surface area contributed by atoms with Gasteiger partial charge in [-0.05, 0) is 0 Å². The molecule has 0 atom stereocenters. The van der Waals surface area contributed by atoms with Crippen molar-refractivity contribution in [1.29, 1.82) is 0 Å². The molecule has 6 heteroatoms. The number of hydrogen-bond donors (Lipinski definition) is 2. The summed E-state index contributed by atoms with van der Waals surface area (Å²) in [4.78, 5) is 9.00. The summed E-state index contributed by atoms with van der Waals surface area (Å²) < 4.78 is 13.7. The third-order valence-electron chi connectivity index (χ3n) is 1.54. The summed E-state index contributed by atoms with van der Waals surface area (Å²) in [7, 11) is 0. The minimum atomic E-state index is -0.833. The van der Waals surface area contributed by atoms with Gasteiger partial charge in [0.2, 0.25) is 0 Å². The number of aryl methyl sites for hydroxylation is 1. The van der Waals surface area contributed by atoms with E-state index in [0.29, 0.717) is 19.3 Å². The fraction of sp³-hybridized carbons (Fsp3) is 0.222. The number of nitrogens with two attached hydrogens (primary N) is 1. The van der Waals surface area contributed by atoms with Crippen LogP contribution < -0.4 is 8.81 Å². The molecule has 0 spiro atoms. The Hall–Kier alpha value is -0.355. The first-order valence-electron chi connectivity index (χ1n) is 4.03. The standard InChI is InChI=1S/C7H6ClFN.C2H4O2.Hg/c1-4-2-5(8)7(10)3-6(4)9;1-2(3)4;/h2H,10H2,1H3;1H3,(H,3,4);. The molecule has 3 nitrogen and oxygen atoms in total. The van der Waals surface area contributed by atoms with Crippen LogP contribution in [0.4, 0.5) is 10.1 Å². The van der Waals surface area contributed by atoms with Gasteiger partial charge in [-0.15, -0.1) is 0 Å². The molecule has 0 aliphatic carbocycles. The predicted octanol–water partition coefficient (Wildman–Crippen LogP) is 1.63. The monoisotopic (exact) mass is 420 g/mol. The molecule has 1 rings (SSSR count). The van der Waals surface area contributed by atoms with Gasteiger partial charge in [-0.25, -0.2) is 0 Å². The van der Waals surface area contributed by atoms with E-state index in [4.69, 9.17) is 27.2 Å². The number of rotatable bonds is 0. The molecule has 3 N–H and O–H groups in total. The molecule has 0 saturated heterocycles. The quantitative estimate of drug-likeness (QED) is 0.497. The van der Waals surface area contributed by atoms with Crippen molar-refractivity contribution in [3.63, 3.8) is 0 Å². The third kappa shape index (κ3) is 4.79. The van der Waals surface area contributed by atoms with Crippen LogP contribution in [0.1, 0.15) is 12.5 Å². The van der Waals surface area contributed by atoms with Crippen molar-refractivity contribution in [2.75, 3.05) is 5.73 Å². The Kier molecular flexibility index (Phi) is 6.13. The molecular formula is C9H10ClFHgNO2. The third-order valence-corrected chi connectivity index (χ3v) is 4.54. The molecule has 1 aromatic rings. The fourth-order valence-corrected chi connectivity index (χ4v) is 3.37. The van der Waals surface area contributed by atoms with Crippen LogP contribution in [0.3, 0.4) is 0 Å². The average molecular weight is 419 g/mol. The number of hydrogen-bond acceptors (Lipinski definition) is 2. The first-order valence-corrected chi connectivity index (χ1v) is 7.15. The summed E-state index contributed by atoms with van der Waals surface area (Å²) in [6, 6.07) is 1.56. The van der Waals surface area contributed by atoms with Gasteiger partial charge in [-0.3, -0.25) is 4.79 Å². The number of nitrogen functional groups attached to an aromatic ring is 1. The van der Waals surface area contributed by atoms with Crippen LogP contribution in [-0.4, -0.2) is 11.1 Å². The zero-order chi connectivity index (χ0) is 12.2. The van der Waals surface area contributed by atoms with Gasteiger partial charge in [0.1, 0.15) is 0 Å². The van der Waals surface area contributed by atoms with Gasteiger partial charge in [-0.2, -0.15) is 0 Å². The topological polar surface area (TPSA) is 63.3 Å². The Bertz CT molecular complexity index is 355. The molecular weight excluding hydrogens is 409 g/mol. The Morgan fingerprint density at radius 1 is 1.67 bits per heavy atom. The van der Waals surface area contributed by atoms with Crippen LogP contribution in [0.15, 0.2) is 6.07 Å². The average Bonchev–Trinajstić information content (AvgIpc) is 2.11. The van der Waals surface area contributed by atoms with Gasteiger partial charge in [-0.1, -0.05) is 0 Å². The summed E-state index contributed by atoms with van der Waals surface area (Å²) in [6.07, 6.45) is 0. The Morgan fingerprint density at radius 2 is 2.07 bits per heavy atom. The van der Waals surface area contributed by atoms with Crippen molar-refractivity contribution in [1.82, 2.24) is 0 Å². The van der Waals surface area contributed by atoms with E-state index in [2.05, 4.69) is 0 Å². The van der Waals surface area contributed by atoms with Gasteiger partial charge in [0.15, 0.2) is 0 Å². The number of carboxylic acids is 1.